The molecule has 0 fully saturated rings. The number of methoxy groups -OCH3 is 1. The highest BCUT2D eigenvalue weighted by atomic mass is 32.2. The van der Waals surface area contributed by atoms with Crippen molar-refractivity contribution in [2.75, 3.05) is 33.4 Å². The summed E-state index contributed by atoms with van der Waals surface area (Å²) < 4.78 is 34.6. The van der Waals surface area contributed by atoms with Gasteiger partial charge in [0.2, 0.25) is 15.9 Å². The molecule has 1 aromatic heterocycles. The molecule has 6 nitrogen and oxygen atoms in total. The van der Waals surface area contributed by atoms with Crippen molar-refractivity contribution in [2.45, 2.75) is 30.7 Å². The molecule has 0 saturated carbocycles. The fraction of sp³-hybridized carbons (Fsp3) is 0.300. The van der Waals surface area contributed by atoms with Crippen molar-refractivity contribution >= 4 is 38.0 Å². The number of carbonyl (C=O) groups is 1. The van der Waals surface area contributed by atoms with Crippen molar-refractivity contribution in [1.29, 1.82) is 0 Å². The molecule has 0 N–H and O–H groups in total. The molecule has 0 spiro atoms. The average molecular weight is 549 g/mol. The number of benzene rings is 3. The van der Waals surface area contributed by atoms with Crippen LogP contribution in [0.15, 0.2) is 83.1 Å². The molecule has 1 amide bonds. The lowest BCUT2D eigenvalue weighted by molar-refractivity contribution is -0.133. The van der Waals surface area contributed by atoms with Crippen LogP contribution in [0, 0.1) is 6.92 Å². The van der Waals surface area contributed by atoms with Crippen molar-refractivity contribution in [1.82, 2.24) is 9.21 Å². The van der Waals surface area contributed by atoms with Crippen LogP contribution < -0.4 is 0 Å². The van der Waals surface area contributed by atoms with Gasteiger partial charge < -0.3 is 9.64 Å². The van der Waals surface area contributed by atoms with Crippen molar-refractivity contribution in [3.05, 3.63) is 99.7 Å². The number of hydrogen-bond acceptors (Lipinski definition) is 5. The molecule has 1 aliphatic rings. The summed E-state index contributed by atoms with van der Waals surface area (Å²) in [5, 5.41) is 3.57. The van der Waals surface area contributed by atoms with Gasteiger partial charge in [0.25, 0.3) is 0 Å². The predicted octanol–water partition coefficient (Wildman–Crippen LogP) is 5.41. The first-order valence-electron chi connectivity index (χ1n) is 12.8. The minimum atomic E-state index is -3.95. The fourth-order valence-electron chi connectivity index (χ4n) is 5.28. The smallest absolute Gasteiger partial charge is 0.244 e. The third-order valence-electron chi connectivity index (χ3n) is 7.20. The molecule has 0 bridgehead atoms. The van der Waals surface area contributed by atoms with E-state index in [0.717, 1.165) is 28.5 Å². The summed E-state index contributed by atoms with van der Waals surface area (Å²) in [4.78, 5) is 17.4. The molecule has 1 unspecified atom stereocenters. The summed E-state index contributed by atoms with van der Waals surface area (Å²) in [6.45, 7) is 2.98. The number of carbonyl (C=O) groups excluding carboxylic acids is 1. The molecule has 0 radical (unpaired) electrons. The number of amides is 1. The number of thiophene rings is 1. The number of hydrogen-bond donors (Lipinski definition) is 0. The number of sulfonamides is 1. The molecule has 2 heterocycles. The Bertz CT molecular complexity index is 1540. The number of fused-ring (bicyclic) bond motifs is 2. The Morgan fingerprint density at radius 3 is 2.61 bits per heavy atom. The van der Waals surface area contributed by atoms with E-state index in [4.69, 9.17) is 4.74 Å². The van der Waals surface area contributed by atoms with E-state index in [-0.39, 0.29) is 29.9 Å². The number of nitrogens with zero attached hydrogens (tertiary/aromatic N) is 2. The highest BCUT2D eigenvalue weighted by molar-refractivity contribution is 7.89. The van der Waals surface area contributed by atoms with Gasteiger partial charge >= 0.3 is 0 Å². The second kappa shape index (κ2) is 11.4. The van der Waals surface area contributed by atoms with Crippen LogP contribution in [-0.4, -0.2) is 56.9 Å². The summed E-state index contributed by atoms with van der Waals surface area (Å²) >= 11 is 1.72. The Morgan fingerprint density at radius 1 is 1.03 bits per heavy atom. The van der Waals surface area contributed by atoms with Crippen LogP contribution in [0.3, 0.4) is 0 Å². The quantitative estimate of drug-likeness (QED) is 0.262. The topological polar surface area (TPSA) is 66.9 Å². The van der Waals surface area contributed by atoms with Crippen molar-refractivity contribution in [3.8, 4) is 0 Å². The summed E-state index contributed by atoms with van der Waals surface area (Å²) in [5.41, 5.74) is 3.31. The van der Waals surface area contributed by atoms with E-state index in [1.165, 1.54) is 9.18 Å². The number of rotatable bonds is 9. The molecule has 8 heteroatoms. The first kappa shape index (κ1) is 26.6. The first-order chi connectivity index (χ1) is 18.4. The highest BCUT2D eigenvalue weighted by Gasteiger charge is 2.36. The minimum absolute atomic E-state index is 0.192. The van der Waals surface area contributed by atoms with Gasteiger partial charge in [-0.2, -0.15) is 4.31 Å². The SMILES string of the molecule is COCCCN(CC(=O)N1CCc2sccc2C1c1ccccc1C)S(=O)(=O)c1cccc2ccccc12. The van der Waals surface area contributed by atoms with E-state index in [2.05, 4.69) is 30.5 Å². The van der Waals surface area contributed by atoms with Gasteiger partial charge in [0, 0.05) is 37.1 Å². The molecule has 198 valence electrons. The van der Waals surface area contributed by atoms with Crippen molar-refractivity contribution < 1.29 is 17.9 Å². The van der Waals surface area contributed by atoms with Crippen LogP contribution in [0.5, 0.6) is 0 Å². The molecule has 0 aliphatic carbocycles. The molecule has 5 rings (SSSR count). The van der Waals surface area contributed by atoms with Gasteiger partial charge in [-0.05, 0) is 59.4 Å². The maximum atomic E-state index is 14.0. The van der Waals surface area contributed by atoms with E-state index in [0.29, 0.717) is 25.0 Å². The Morgan fingerprint density at radius 2 is 1.79 bits per heavy atom. The Labute approximate surface area is 228 Å². The molecular weight excluding hydrogens is 516 g/mol. The predicted molar refractivity (Wildman–Crippen MR) is 152 cm³/mol. The maximum absolute atomic E-state index is 14.0. The van der Waals surface area contributed by atoms with E-state index < -0.39 is 10.0 Å². The Kier molecular flexibility index (Phi) is 7.95. The molecule has 1 aliphatic heterocycles. The summed E-state index contributed by atoms with van der Waals surface area (Å²) in [6, 6.07) is 22.7. The Hall–Kier alpha value is -3.04. The summed E-state index contributed by atoms with van der Waals surface area (Å²) in [7, 11) is -2.36. The lowest BCUT2D eigenvalue weighted by Gasteiger charge is -2.38. The molecule has 1 atom stereocenters. The summed E-state index contributed by atoms with van der Waals surface area (Å²) in [6.07, 6.45) is 1.25. The molecule has 0 saturated heterocycles. The number of aryl methyl sites for hydroxylation is 1. The molecule has 38 heavy (non-hydrogen) atoms. The van der Waals surface area contributed by atoms with Gasteiger partial charge in [0.15, 0.2) is 0 Å². The maximum Gasteiger partial charge on any atom is 0.244 e. The monoisotopic (exact) mass is 548 g/mol. The number of ether oxygens (including phenoxy) is 1. The molecule has 3 aromatic carbocycles. The van der Waals surface area contributed by atoms with Gasteiger partial charge in [-0.3, -0.25) is 4.79 Å². The Balaban J connectivity index is 1.50. The van der Waals surface area contributed by atoms with Gasteiger partial charge in [-0.1, -0.05) is 60.7 Å². The minimum Gasteiger partial charge on any atom is -0.385 e. The van der Waals surface area contributed by atoms with Crippen LogP contribution in [0.25, 0.3) is 10.8 Å². The third kappa shape index (κ3) is 5.14. The molecular formula is C30H32N2O4S2. The van der Waals surface area contributed by atoms with Gasteiger partial charge in [0.05, 0.1) is 17.5 Å². The van der Waals surface area contributed by atoms with Crippen molar-refractivity contribution in [2.24, 2.45) is 0 Å². The second-order valence-corrected chi connectivity index (χ2v) is 12.5. The summed E-state index contributed by atoms with van der Waals surface area (Å²) in [5.74, 6) is -0.198. The van der Waals surface area contributed by atoms with E-state index in [9.17, 15) is 13.2 Å². The van der Waals surface area contributed by atoms with Crippen LogP contribution in [0.4, 0.5) is 0 Å². The lowest BCUT2D eigenvalue weighted by atomic mass is 9.90. The largest absolute Gasteiger partial charge is 0.385 e. The molecule has 4 aromatic rings. The van der Waals surface area contributed by atoms with Crippen LogP contribution in [-0.2, 0) is 26.0 Å². The highest BCUT2D eigenvalue weighted by Crippen LogP contribution is 2.39. The normalized spacial score (nSPS) is 15.7. The first-order valence-corrected chi connectivity index (χ1v) is 15.1. The van der Waals surface area contributed by atoms with Crippen LogP contribution in [0.2, 0.25) is 0 Å². The third-order valence-corrected chi connectivity index (χ3v) is 10.1. The van der Waals surface area contributed by atoms with Crippen LogP contribution >= 0.6 is 11.3 Å². The zero-order valence-corrected chi connectivity index (χ0v) is 23.3. The second-order valence-electron chi connectivity index (χ2n) is 9.56. The van der Waals surface area contributed by atoms with E-state index >= 15 is 0 Å². The van der Waals surface area contributed by atoms with E-state index in [1.807, 2.05) is 47.4 Å². The van der Waals surface area contributed by atoms with Gasteiger partial charge in [-0.25, -0.2) is 8.42 Å². The average Bonchev–Trinajstić information content (AvgIpc) is 3.41. The van der Waals surface area contributed by atoms with Crippen LogP contribution in [0.1, 0.15) is 34.0 Å². The van der Waals surface area contributed by atoms with Gasteiger partial charge in [-0.15, -0.1) is 11.3 Å². The van der Waals surface area contributed by atoms with Gasteiger partial charge in [0.1, 0.15) is 0 Å². The zero-order valence-electron chi connectivity index (χ0n) is 21.7. The lowest BCUT2D eigenvalue weighted by Crippen LogP contribution is -2.47. The van der Waals surface area contributed by atoms with Crippen molar-refractivity contribution in [3.63, 3.8) is 0 Å². The zero-order chi connectivity index (χ0) is 26.7. The fourth-order valence-corrected chi connectivity index (χ4v) is 7.83. The van der Waals surface area contributed by atoms with E-state index in [1.54, 1.807) is 30.6 Å². The standard InChI is InChI=1S/C30H32N2O4S2/c1-22-9-3-5-12-24(22)30-26-16-20-37-27(26)15-18-32(30)29(33)21-31(17-8-19-36-2)38(34,35)28-14-7-11-23-10-4-6-13-25(23)28/h3-7,9-14,16,20,30H,8,15,17-19,21H2,1-2H3.